The second-order valence-corrected chi connectivity index (χ2v) is 5.02. The molecule has 0 unspecified atom stereocenters. The molecule has 0 atom stereocenters. The maximum absolute atomic E-state index is 13.6. The van der Waals surface area contributed by atoms with Crippen LogP contribution in [0.2, 0.25) is 0 Å². The predicted molar refractivity (Wildman–Crippen MR) is 74.0 cm³/mol. The quantitative estimate of drug-likeness (QED) is 0.936. The van der Waals surface area contributed by atoms with Gasteiger partial charge in [0.05, 0.1) is 11.4 Å². The van der Waals surface area contributed by atoms with Gasteiger partial charge in [-0.2, -0.15) is 5.10 Å². The summed E-state index contributed by atoms with van der Waals surface area (Å²) < 4.78 is 16.2. The van der Waals surface area contributed by atoms with Crippen LogP contribution in [0.3, 0.4) is 0 Å². The molecule has 0 aliphatic carbocycles. The predicted octanol–water partition coefficient (Wildman–Crippen LogP) is 3.50. The Kier molecular flexibility index (Phi) is 4.01. The van der Waals surface area contributed by atoms with Crippen LogP contribution < -0.4 is 5.32 Å². The van der Waals surface area contributed by atoms with Crippen molar-refractivity contribution in [1.82, 2.24) is 9.78 Å². The summed E-state index contributed by atoms with van der Waals surface area (Å²) in [7, 11) is 1.89. The van der Waals surface area contributed by atoms with Crippen LogP contribution in [0.5, 0.6) is 0 Å². The Morgan fingerprint density at radius 1 is 1.44 bits per heavy atom. The molecule has 1 aromatic carbocycles. The summed E-state index contributed by atoms with van der Waals surface area (Å²) in [5, 5.41) is 7.45. The van der Waals surface area contributed by atoms with Gasteiger partial charge in [-0.3, -0.25) is 4.68 Å². The molecule has 0 radical (unpaired) electrons. The van der Waals surface area contributed by atoms with E-state index in [2.05, 4.69) is 33.3 Å². The summed E-state index contributed by atoms with van der Waals surface area (Å²) in [6.45, 7) is 2.63. The van der Waals surface area contributed by atoms with E-state index in [1.165, 1.54) is 6.07 Å². The second kappa shape index (κ2) is 5.52. The fourth-order valence-electron chi connectivity index (χ4n) is 1.85. The summed E-state index contributed by atoms with van der Waals surface area (Å²) in [6, 6.07) is 4.86. The summed E-state index contributed by atoms with van der Waals surface area (Å²) in [4.78, 5) is 0. The molecule has 0 fully saturated rings. The molecule has 96 valence electrons. The largest absolute Gasteiger partial charge is 0.378 e. The van der Waals surface area contributed by atoms with Crippen LogP contribution in [-0.4, -0.2) is 9.78 Å². The van der Waals surface area contributed by atoms with E-state index in [0.717, 1.165) is 22.2 Å². The van der Waals surface area contributed by atoms with Gasteiger partial charge >= 0.3 is 0 Å². The summed E-state index contributed by atoms with van der Waals surface area (Å²) >= 11 is 3.33. The number of nitrogens with one attached hydrogen (secondary N) is 1. The van der Waals surface area contributed by atoms with Gasteiger partial charge < -0.3 is 5.32 Å². The molecule has 0 saturated carbocycles. The molecule has 0 aliphatic heterocycles. The number of hydrogen-bond donors (Lipinski definition) is 1. The highest BCUT2D eigenvalue weighted by Crippen LogP contribution is 2.21. The standard InChI is InChI=1S/C13H15BrFN3/c1-3-12-9(8-18(2)17-12)7-16-13-6-10(14)4-5-11(13)15/h4-6,8,16H,3,7H2,1-2H3. The molecule has 5 heteroatoms. The van der Waals surface area contributed by atoms with E-state index in [-0.39, 0.29) is 5.82 Å². The highest BCUT2D eigenvalue weighted by atomic mass is 79.9. The van der Waals surface area contributed by atoms with E-state index in [9.17, 15) is 4.39 Å². The zero-order chi connectivity index (χ0) is 13.1. The van der Waals surface area contributed by atoms with Crippen LogP contribution in [0.1, 0.15) is 18.2 Å². The van der Waals surface area contributed by atoms with Crippen LogP contribution >= 0.6 is 15.9 Å². The molecule has 0 spiro atoms. The van der Waals surface area contributed by atoms with Gasteiger partial charge in [-0.1, -0.05) is 22.9 Å². The molecule has 1 aromatic heterocycles. The molecule has 1 heterocycles. The maximum Gasteiger partial charge on any atom is 0.146 e. The van der Waals surface area contributed by atoms with Crippen molar-refractivity contribution >= 4 is 21.6 Å². The molecule has 1 N–H and O–H groups in total. The first kappa shape index (κ1) is 13.1. The minimum atomic E-state index is -0.250. The van der Waals surface area contributed by atoms with Gasteiger partial charge in [-0.25, -0.2) is 4.39 Å². The zero-order valence-corrected chi connectivity index (χ0v) is 12.0. The second-order valence-electron chi connectivity index (χ2n) is 4.11. The molecule has 2 rings (SSSR count). The lowest BCUT2D eigenvalue weighted by Gasteiger charge is -2.07. The molecule has 18 heavy (non-hydrogen) atoms. The third-order valence-corrected chi connectivity index (χ3v) is 3.22. The fourth-order valence-corrected chi connectivity index (χ4v) is 2.21. The molecule has 2 aromatic rings. The number of nitrogens with zero attached hydrogens (tertiary/aromatic N) is 2. The highest BCUT2D eigenvalue weighted by molar-refractivity contribution is 9.10. The van der Waals surface area contributed by atoms with Crippen LogP contribution in [0.15, 0.2) is 28.9 Å². The van der Waals surface area contributed by atoms with E-state index in [0.29, 0.717) is 12.2 Å². The Labute approximate surface area is 114 Å². The Hall–Kier alpha value is -1.36. The van der Waals surface area contributed by atoms with Gasteiger partial charge in [0.15, 0.2) is 0 Å². The smallest absolute Gasteiger partial charge is 0.146 e. The molecule has 0 saturated heterocycles. The first-order chi connectivity index (χ1) is 8.60. The van der Waals surface area contributed by atoms with Crippen molar-refractivity contribution in [3.05, 3.63) is 45.9 Å². The number of rotatable bonds is 4. The van der Waals surface area contributed by atoms with Gasteiger partial charge in [0.2, 0.25) is 0 Å². The number of anilines is 1. The topological polar surface area (TPSA) is 29.9 Å². The summed E-state index contributed by atoms with van der Waals surface area (Å²) in [5.41, 5.74) is 2.63. The third-order valence-electron chi connectivity index (χ3n) is 2.72. The normalized spacial score (nSPS) is 10.7. The Morgan fingerprint density at radius 2 is 2.22 bits per heavy atom. The van der Waals surface area contributed by atoms with Crippen molar-refractivity contribution in [1.29, 1.82) is 0 Å². The minimum absolute atomic E-state index is 0.250. The van der Waals surface area contributed by atoms with Crippen molar-refractivity contribution < 1.29 is 4.39 Å². The van der Waals surface area contributed by atoms with Crippen LogP contribution in [0, 0.1) is 5.82 Å². The van der Waals surface area contributed by atoms with Gasteiger partial charge in [0.25, 0.3) is 0 Å². The third kappa shape index (κ3) is 2.90. The van der Waals surface area contributed by atoms with Gasteiger partial charge in [-0.15, -0.1) is 0 Å². The summed E-state index contributed by atoms with van der Waals surface area (Å²) in [6.07, 6.45) is 2.83. The van der Waals surface area contributed by atoms with E-state index in [4.69, 9.17) is 0 Å². The van der Waals surface area contributed by atoms with Gasteiger partial charge in [-0.05, 0) is 24.6 Å². The minimum Gasteiger partial charge on any atom is -0.378 e. The molecular formula is C13H15BrFN3. The zero-order valence-electron chi connectivity index (χ0n) is 10.4. The van der Waals surface area contributed by atoms with E-state index < -0.39 is 0 Å². The van der Waals surface area contributed by atoms with E-state index >= 15 is 0 Å². The Bertz CT molecular complexity index is 551. The van der Waals surface area contributed by atoms with Crippen molar-refractivity contribution in [2.24, 2.45) is 7.05 Å². The number of benzene rings is 1. The van der Waals surface area contributed by atoms with Crippen molar-refractivity contribution in [3.63, 3.8) is 0 Å². The van der Waals surface area contributed by atoms with Crippen molar-refractivity contribution in [3.8, 4) is 0 Å². The molecule has 0 bridgehead atoms. The number of halogens is 2. The highest BCUT2D eigenvalue weighted by Gasteiger charge is 2.07. The number of aromatic nitrogens is 2. The van der Waals surface area contributed by atoms with Crippen molar-refractivity contribution in [2.75, 3.05) is 5.32 Å². The fraction of sp³-hybridized carbons (Fsp3) is 0.308. The van der Waals surface area contributed by atoms with E-state index in [1.807, 2.05) is 13.2 Å². The lowest BCUT2D eigenvalue weighted by atomic mass is 10.2. The molecule has 0 aliphatic rings. The number of aryl methyl sites for hydroxylation is 2. The summed E-state index contributed by atoms with van der Waals surface area (Å²) in [5.74, 6) is -0.250. The lowest BCUT2D eigenvalue weighted by Crippen LogP contribution is -2.02. The maximum atomic E-state index is 13.6. The monoisotopic (exact) mass is 311 g/mol. The molecule has 3 nitrogen and oxygen atoms in total. The van der Waals surface area contributed by atoms with Crippen LogP contribution in [-0.2, 0) is 20.0 Å². The SMILES string of the molecule is CCc1nn(C)cc1CNc1cc(Br)ccc1F. The average Bonchev–Trinajstić information content (AvgIpc) is 2.71. The Morgan fingerprint density at radius 3 is 2.94 bits per heavy atom. The molecule has 0 amide bonds. The Balaban J connectivity index is 2.13. The number of hydrogen-bond acceptors (Lipinski definition) is 2. The average molecular weight is 312 g/mol. The van der Waals surface area contributed by atoms with Gasteiger partial charge in [0, 0.05) is 29.8 Å². The van der Waals surface area contributed by atoms with Crippen LogP contribution in [0.4, 0.5) is 10.1 Å². The van der Waals surface area contributed by atoms with E-state index in [1.54, 1.807) is 16.8 Å². The van der Waals surface area contributed by atoms with Gasteiger partial charge in [0.1, 0.15) is 5.82 Å². The lowest BCUT2D eigenvalue weighted by molar-refractivity contribution is 0.630. The first-order valence-corrected chi connectivity index (χ1v) is 6.59. The van der Waals surface area contributed by atoms with Crippen LogP contribution in [0.25, 0.3) is 0 Å². The molecular weight excluding hydrogens is 297 g/mol. The van der Waals surface area contributed by atoms with Crippen molar-refractivity contribution in [2.45, 2.75) is 19.9 Å². The first-order valence-electron chi connectivity index (χ1n) is 5.80.